The number of nitrogens with zero attached hydrogens (tertiary/aromatic N) is 3. The topological polar surface area (TPSA) is 56.8 Å². The summed E-state index contributed by atoms with van der Waals surface area (Å²) < 4.78 is 0. The molecule has 1 heterocycles. The lowest BCUT2D eigenvalue weighted by Crippen LogP contribution is -2.10. The average molecular weight is 238 g/mol. The molecule has 2 aromatic rings. The summed E-state index contributed by atoms with van der Waals surface area (Å²) in [6.45, 7) is 0. The van der Waals surface area contributed by atoms with Gasteiger partial charge in [0.25, 0.3) is 0 Å². The molecule has 1 aromatic heterocycles. The van der Waals surface area contributed by atoms with Crippen molar-refractivity contribution in [3.8, 4) is 0 Å². The number of nitrogens with one attached hydrogen (secondary N) is 2. The van der Waals surface area contributed by atoms with Crippen molar-refractivity contribution in [2.75, 3.05) is 24.3 Å². The van der Waals surface area contributed by atoms with Gasteiger partial charge < -0.3 is 10.2 Å². The minimum atomic E-state index is 0.589. The Morgan fingerprint density at radius 3 is 2.81 bits per heavy atom. The number of aromatic amines is 1. The van der Waals surface area contributed by atoms with E-state index in [4.69, 9.17) is 11.6 Å². The molecule has 5 nitrogen and oxygen atoms in total. The predicted molar refractivity (Wildman–Crippen MR) is 65.4 cm³/mol. The van der Waals surface area contributed by atoms with Gasteiger partial charge in [-0.25, -0.2) is 5.10 Å². The minimum absolute atomic E-state index is 0.589. The fourth-order valence-corrected chi connectivity index (χ4v) is 1.40. The SMILES string of the molecule is CN(C)c1n[nH]c(Nc2cccc(Cl)c2)n1. The van der Waals surface area contributed by atoms with Crippen LogP contribution >= 0.6 is 11.6 Å². The van der Waals surface area contributed by atoms with E-state index in [0.29, 0.717) is 16.9 Å². The number of hydrogen-bond donors (Lipinski definition) is 2. The third kappa shape index (κ3) is 2.43. The van der Waals surface area contributed by atoms with Crippen molar-refractivity contribution in [2.45, 2.75) is 0 Å². The van der Waals surface area contributed by atoms with Gasteiger partial charge in [-0.3, -0.25) is 0 Å². The molecule has 0 radical (unpaired) electrons. The van der Waals surface area contributed by atoms with Crippen molar-refractivity contribution in [2.24, 2.45) is 0 Å². The first-order valence-corrected chi connectivity index (χ1v) is 5.15. The number of halogens is 1. The van der Waals surface area contributed by atoms with E-state index < -0.39 is 0 Å². The maximum Gasteiger partial charge on any atom is 0.245 e. The van der Waals surface area contributed by atoms with Crippen molar-refractivity contribution in [3.63, 3.8) is 0 Å². The number of hydrogen-bond acceptors (Lipinski definition) is 4. The first-order chi connectivity index (χ1) is 7.65. The van der Waals surface area contributed by atoms with Gasteiger partial charge in [0.1, 0.15) is 0 Å². The Bertz CT molecular complexity index is 480. The second-order valence-electron chi connectivity index (χ2n) is 3.51. The Kier molecular flexibility index (Phi) is 2.96. The van der Waals surface area contributed by atoms with Crippen LogP contribution in [0.4, 0.5) is 17.6 Å². The summed E-state index contributed by atoms with van der Waals surface area (Å²) in [6, 6.07) is 7.41. The van der Waals surface area contributed by atoms with Crippen LogP contribution in [0.5, 0.6) is 0 Å². The van der Waals surface area contributed by atoms with Crippen molar-refractivity contribution in [1.82, 2.24) is 15.2 Å². The summed E-state index contributed by atoms with van der Waals surface area (Å²) in [5, 5.41) is 10.6. The highest BCUT2D eigenvalue weighted by molar-refractivity contribution is 6.30. The third-order valence-corrected chi connectivity index (χ3v) is 2.20. The molecule has 2 N–H and O–H groups in total. The molecule has 0 aliphatic heterocycles. The van der Waals surface area contributed by atoms with Crippen molar-refractivity contribution in [3.05, 3.63) is 29.3 Å². The van der Waals surface area contributed by atoms with E-state index in [0.717, 1.165) is 5.69 Å². The molecular weight excluding hydrogens is 226 g/mol. The van der Waals surface area contributed by atoms with Crippen LogP contribution in [0.25, 0.3) is 0 Å². The predicted octanol–water partition coefficient (Wildman–Crippen LogP) is 2.27. The number of H-pyrrole nitrogens is 1. The molecule has 0 amide bonds. The molecule has 16 heavy (non-hydrogen) atoms. The fraction of sp³-hybridized carbons (Fsp3) is 0.200. The van der Waals surface area contributed by atoms with Crippen LogP contribution in [0.15, 0.2) is 24.3 Å². The lowest BCUT2D eigenvalue weighted by Gasteiger charge is -2.04. The largest absolute Gasteiger partial charge is 0.346 e. The Labute approximate surface area is 98.4 Å². The molecule has 0 spiro atoms. The summed E-state index contributed by atoms with van der Waals surface area (Å²) >= 11 is 5.87. The van der Waals surface area contributed by atoms with Gasteiger partial charge in [0, 0.05) is 24.8 Å². The van der Waals surface area contributed by atoms with Gasteiger partial charge in [0.2, 0.25) is 11.9 Å². The fourth-order valence-electron chi connectivity index (χ4n) is 1.21. The summed E-state index contributed by atoms with van der Waals surface area (Å²) in [7, 11) is 3.76. The minimum Gasteiger partial charge on any atom is -0.346 e. The van der Waals surface area contributed by atoms with Gasteiger partial charge in [0.05, 0.1) is 0 Å². The lowest BCUT2D eigenvalue weighted by molar-refractivity contribution is 0.999. The molecule has 0 atom stereocenters. The molecule has 0 saturated heterocycles. The third-order valence-electron chi connectivity index (χ3n) is 1.96. The van der Waals surface area contributed by atoms with E-state index in [9.17, 15) is 0 Å². The number of rotatable bonds is 3. The van der Waals surface area contributed by atoms with E-state index in [1.54, 1.807) is 0 Å². The normalized spacial score (nSPS) is 10.2. The van der Waals surface area contributed by atoms with E-state index in [-0.39, 0.29) is 0 Å². The van der Waals surface area contributed by atoms with Crippen molar-refractivity contribution >= 4 is 29.2 Å². The molecule has 2 rings (SSSR count). The van der Waals surface area contributed by atoms with Gasteiger partial charge in [-0.1, -0.05) is 17.7 Å². The summed E-state index contributed by atoms with van der Waals surface area (Å²) in [4.78, 5) is 6.06. The molecule has 0 aliphatic carbocycles. The van der Waals surface area contributed by atoms with Crippen molar-refractivity contribution < 1.29 is 0 Å². The molecule has 0 saturated carbocycles. The van der Waals surface area contributed by atoms with Crippen LogP contribution in [-0.4, -0.2) is 29.3 Å². The lowest BCUT2D eigenvalue weighted by atomic mass is 10.3. The van der Waals surface area contributed by atoms with Crippen LogP contribution < -0.4 is 10.2 Å². The molecule has 84 valence electrons. The Morgan fingerprint density at radius 2 is 2.19 bits per heavy atom. The maximum atomic E-state index is 5.87. The highest BCUT2D eigenvalue weighted by Gasteiger charge is 2.04. The van der Waals surface area contributed by atoms with Gasteiger partial charge in [-0.2, -0.15) is 4.98 Å². The Morgan fingerprint density at radius 1 is 1.38 bits per heavy atom. The van der Waals surface area contributed by atoms with E-state index >= 15 is 0 Å². The van der Waals surface area contributed by atoms with Gasteiger partial charge in [-0.15, -0.1) is 5.10 Å². The molecule has 6 heteroatoms. The monoisotopic (exact) mass is 237 g/mol. The molecule has 0 unspecified atom stereocenters. The number of aromatic nitrogens is 3. The highest BCUT2D eigenvalue weighted by atomic mass is 35.5. The first kappa shape index (κ1) is 10.8. The van der Waals surface area contributed by atoms with Gasteiger partial charge in [0.15, 0.2) is 0 Å². The summed E-state index contributed by atoms with van der Waals surface area (Å²) in [6.07, 6.45) is 0. The Hall–Kier alpha value is -1.75. The molecule has 0 aliphatic rings. The van der Waals surface area contributed by atoms with Crippen LogP contribution in [0, 0.1) is 0 Å². The smallest absolute Gasteiger partial charge is 0.245 e. The summed E-state index contributed by atoms with van der Waals surface area (Å²) in [5.41, 5.74) is 0.869. The zero-order valence-corrected chi connectivity index (χ0v) is 9.78. The standard InChI is InChI=1S/C10H12ClN5/c1-16(2)10-13-9(14-15-10)12-8-5-3-4-7(11)6-8/h3-6H,1-2H3,(H2,12,13,14,15). The zero-order chi connectivity index (χ0) is 11.5. The molecule has 0 fully saturated rings. The van der Waals surface area contributed by atoms with Crippen LogP contribution in [0.2, 0.25) is 5.02 Å². The van der Waals surface area contributed by atoms with Crippen LogP contribution in [0.3, 0.4) is 0 Å². The summed E-state index contributed by atoms with van der Waals surface area (Å²) in [5.74, 6) is 1.22. The molecule has 1 aromatic carbocycles. The van der Waals surface area contributed by atoms with Crippen LogP contribution in [-0.2, 0) is 0 Å². The molecule has 0 bridgehead atoms. The van der Waals surface area contributed by atoms with Crippen molar-refractivity contribution in [1.29, 1.82) is 0 Å². The quantitative estimate of drug-likeness (QED) is 0.860. The van der Waals surface area contributed by atoms with Gasteiger partial charge in [-0.05, 0) is 18.2 Å². The number of anilines is 3. The van der Waals surface area contributed by atoms with Gasteiger partial charge >= 0.3 is 0 Å². The zero-order valence-electron chi connectivity index (χ0n) is 9.03. The second-order valence-corrected chi connectivity index (χ2v) is 3.95. The highest BCUT2D eigenvalue weighted by Crippen LogP contribution is 2.18. The number of benzene rings is 1. The Balaban J connectivity index is 2.14. The van der Waals surface area contributed by atoms with Crippen LogP contribution in [0.1, 0.15) is 0 Å². The van der Waals surface area contributed by atoms with E-state index in [2.05, 4.69) is 20.5 Å². The average Bonchev–Trinajstić information content (AvgIpc) is 2.66. The van der Waals surface area contributed by atoms with E-state index in [1.165, 1.54) is 0 Å². The maximum absolute atomic E-state index is 5.87. The second kappa shape index (κ2) is 4.40. The molecular formula is C10H12ClN5. The first-order valence-electron chi connectivity index (χ1n) is 4.77. The van der Waals surface area contributed by atoms with E-state index in [1.807, 2.05) is 43.3 Å².